The van der Waals surface area contributed by atoms with Crippen LogP contribution in [0, 0.1) is 0 Å². The first-order chi connectivity index (χ1) is 8.34. The average molecular weight is 220 g/mol. The maximum Gasteiger partial charge on any atom is 0.131 e. The molecule has 0 atom stereocenters. The molecule has 4 aromatic rings. The molecule has 0 saturated heterocycles. The summed E-state index contributed by atoms with van der Waals surface area (Å²) in [5, 5.41) is 4.21. The number of rotatable bonds is 0. The smallest absolute Gasteiger partial charge is 0.131 e. The van der Waals surface area contributed by atoms with Gasteiger partial charge in [0, 0.05) is 27.7 Å². The topological polar surface area (TPSA) is 64.7 Å². The van der Waals surface area contributed by atoms with Crippen LogP contribution in [-0.2, 0) is 0 Å². The van der Waals surface area contributed by atoms with E-state index in [2.05, 4.69) is 15.0 Å². The number of benzene rings is 2. The van der Waals surface area contributed by atoms with Crippen molar-refractivity contribution in [1.29, 1.82) is 0 Å². The van der Waals surface area contributed by atoms with Gasteiger partial charge in [0.15, 0.2) is 0 Å². The van der Waals surface area contributed by atoms with Gasteiger partial charge in [-0.3, -0.25) is 0 Å². The van der Waals surface area contributed by atoms with Gasteiger partial charge in [-0.1, -0.05) is 6.07 Å². The molecule has 4 nitrogen and oxygen atoms in total. The normalized spacial score (nSPS) is 11.8. The molecule has 2 aromatic heterocycles. The van der Waals surface area contributed by atoms with E-state index in [4.69, 9.17) is 5.73 Å². The Hall–Kier alpha value is -2.49. The highest BCUT2D eigenvalue weighted by Gasteiger charge is 2.10. The van der Waals surface area contributed by atoms with Crippen molar-refractivity contribution in [2.45, 2.75) is 0 Å². The SMILES string of the molecule is Nc1ncc2ccc3ncnc4ccc1c2c34. The third-order valence-electron chi connectivity index (χ3n) is 3.16. The lowest BCUT2D eigenvalue weighted by atomic mass is 10.0. The fourth-order valence-electron chi connectivity index (χ4n) is 2.38. The Morgan fingerprint density at radius 1 is 0.824 bits per heavy atom. The number of nitrogens with two attached hydrogens (primary N) is 1. The van der Waals surface area contributed by atoms with E-state index in [1.807, 2.05) is 24.3 Å². The lowest BCUT2D eigenvalue weighted by Gasteiger charge is -2.09. The van der Waals surface area contributed by atoms with E-state index in [0.29, 0.717) is 5.82 Å². The molecule has 0 amide bonds. The molecular formula is C13H8N4. The van der Waals surface area contributed by atoms with Gasteiger partial charge in [0.1, 0.15) is 12.1 Å². The maximum absolute atomic E-state index is 5.91. The Morgan fingerprint density at radius 2 is 1.59 bits per heavy atom. The molecule has 0 aliphatic rings. The molecule has 2 aromatic carbocycles. The largest absolute Gasteiger partial charge is 0.383 e. The predicted octanol–water partition coefficient (Wildman–Crippen LogP) is 2.35. The van der Waals surface area contributed by atoms with Crippen molar-refractivity contribution in [3.05, 3.63) is 36.8 Å². The van der Waals surface area contributed by atoms with Crippen molar-refractivity contribution in [2.24, 2.45) is 0 Å². The van der Waals surface area contributed by atoms with E-state index in [1.165, 1.54) is 0 Å². The minimum atomic E-state index is 0.552. The summed E-state index contributed by atoms with van der Waals surface area (Å²) in [7, 11) is 0. The van der Waals surface area contributed by atoms with Crippen LogP contribution in [0.25, 0.3) is 32.6 Å². The first-order valence-corrected chi connectivity index (χ1v) is 5.34. The molecular weight excluding hydrogens is 212 g/mol. The van der Waals surface area contributed by atoms with Gasteiger partial charge in [0.2, 0.25) is 0 Å². The summed E-state index contributed by atoms with van der Waals surface area (Å²) in [6, 6.07) is 7.94. The number of pyridine rings is 1. The summed E-state index contributed by atoms with van der Waals surface area (Å²) in [5.41, 5.74) is 7.80. The molecule has 0 saturated carbocycles. The quantitative estimate of drug-likeness (QED) is 0.462. The molecule has 4 heteroatoms. The second-order valence-electron chi connectivity index (χ2n) is 4.07. The van der Waals surface area contributed by atoms with Crippen molar-refractivity contribution in [3.63, 3.8) is 0 Å². The zero-order valence-electron chi connectivity index (χ0n) is 8.88. The summed E-state index contributed by atoms with van der Waals surface area (Å²) >= 11 is 0. The highest BCUT2D eigenvalue weighted by atomic mass is 14.8. The molecule has 2 heterocycles. The second-order valence-corrected chi connectivity index (χ2v) is 4.07. The van der Waals surface area contributed by atoms with Crippen molar-refractivity contribution in [2.75, 3.05) is 5.73 Å². The van der Waals surface area contributed by atoms with E-state index < -0.39 is 0 Å². The van der Waals surface area contributed by atoms with Gasteiger partial charge in [-0.05, 0) is 18.2 Å². The van der Waals surface area contributed by atoms with E-state index in [0.717, 1.165) is 32.6 Å². The zero-order valence-corrected chi connectivity index (χ0v) is 8.88. The zero-order chi connectivity index (χ0) is 11.4. The Labute approximate surface area is 96.5 Å². The molecule has 0 radical (unpaired) electrons. The van der Waals surface area contributed by atoms with Crippen LogP contribution in [0.4, 0.5) is 5.82 Å². The number of aromatic nitrogens is 3. The van der Waals surface area contributed by atoms with E-state index in [1.54, 1.807) is 12.5 Å². The maximum atomic E-state index is 5.91. The Bertz CT molecular complexity index is 838. The number of hydrogen-bond donors (Lipinski definition) is 1. The summed E-state index contributed by atoms with van der Waals surface area (Å²) in [5.74, 6) is 0.552. The highest BCUT2D eigenvalue weighted by molar-refractivity contribution is 6.22. The van der Waals surface area contributed by atoms with E-state index >= 15 is 0 Å². The van der Waals surface area contributed by atoms with Gasteiger partial charge in [-0.25, -0.2) is 15.0 Å². The lowest BCUT2D eigenvalue weighted by Crippen LogP contribution is -1.94. The van der Waals surface area contributed by atoms with Gasteiger partial charge in [-0.15, -0.1) is 0 Å². The van der Waals surface area contributed by atoms with Crippen LogP contribution in [-0.4, -0.2) is 15.0 Å². The Kier molecular flexibility index (Phi) is 1.42. The van der Waals surface area contributed by atoms with Crippen LogP contribution >= 0.6 is 0 Å². The third-order valence-corrected chi connectivity index (χ3v) is 3.16. The number of anilines is 1. The monoisotopic (exact) mass is 220 g/mol. The third kappa shape index (κ3) is 0.990. The molecule has 4 rings (SSSR count). The van der Waals surface area contributed by atoms with Gasteiger partial charge in [0.05, 0.1) is 11.0 Å². The Morgan fingerprint density at radius 3 is 2.41 bits per heavy atom. The van der Waals surface area contributed by atoms with Gasteiger partial charge in [0.25, 0.3) is 0 Å². The number of hydrogen-bond acceptors (Lipinski definition) is 4. The minimum Gasteiger partial charge on any atom is -0.383 e. The highest BCUT2D eigenvalue weighted by Crippen LogP contribution is 2.33. The summed E-state index contributed by atoms with van der Waals surface area (Å²) in [4.78, 5) is 12.8. The fourth-order valence-corrected chi connectivity index (χ4v) is 2.38. The summed E-state index contributed by atoms with van der Waals surface area (Å²) in [6.45, 7) is 0. The van der Waals surface area contributed by atoms with E-state index in [-0.39, 0.29) is 0 Å². The standard InChI is InChI=1S/C13H8N4/c14-13-8-2-4-10-12-9(16-6-17-10)3-1-7(5-15-13)11(8)12/h1-6H,(H2,14,15). The molecule has 0 aliphatic heterocycles. The molecule has 80 valence electrons. The van der Waals surface area contributed by atoms with E-state index in [9.17, 15) is 0 Å². The van der Waals surface area contributed by atoms with Crippen LogP contribution in [0.3, 0.4) is 0 Å². The van der Waals surface area contributed by atoms with Gasteiger partial charge in [-0.2, -0.15) is 0 Å². The van der Waals surface area contributed by atoms with Crippen molar-refractivity contribution in [1.82, 2.24) is 15.0 Å². The molecule has 0 aliphatic carbocycles. The Balaban J connectivity index is 2.48. The van der Waals surface area contributed by atoms with Crippen molar-refractivity contribution < 1.29 is 0 Å². The van der Waals surface area contributed by atoms with Crippen molar-refractivity contribution in [3.8, 4) is 0 Å². The van der Waals surface area contributed by atoms with Crippen LogP contribution in [0.2, 0.25) is 0 Å². The van der Waals surface area contributed by atoms with Crippen molar-refractivity contribution >= 4 is 38.4 Å². The van der Waals surface area contributed by atoms with Gasteiger partial charge < -0.3 is 5.73 Å². The van der Waals surface area contributed by atoms with Gasteiger partial charge >= 0.3 is 0 Å². The minimum absolute atomic E-state index is 0.552. The predicted molar refractivity (Wildman–Crippen MR) is 67.9 cm³/mol. The molecule has 0 unspecified atom stereocenters. The van der Waals surface area contributed by atoms with Crippen LogP contribution in [0.1, 0.15) is 0 Å². The van der Waals surface area contributed by atoms with Crippen LogP contribution < -0.4 is 5.73 Å². The number of nitrogens with zero attached hydrogens (tertiary/aromatic N) is 3. The molecule has 2 N–H and O–H groups in total. The summed E-state index contributed by atoms with van der Waals surface area (Å²) in [6.07, 6.45) is 3.38. The molecule has 0 fully saturated rings. The fraction of sp³-hybridized carbons (Fsp3) is 0. The van der Waals surface area contributed by atoms with Crippen LogP contribution in [0.5, 0.6) is 0 Å². The lowest BCUT2D eigenvalue weighted by molar-refractivity contribution is 1.26. The molecule has 17 heavy (non-hydrogen) atoms. The first kappa shape index (κ1) is 8.64. The molecule has 0 spiro atoms. The second kappa shape index (κ2) is 2.79. The average Bonchev–Trinajstić information content (AvgIpc) is 2.38. The first-order valence-electron chi connectivity index (χ1n) is 5.34. The summed E-state index contributed by atoms with van der Waals surface area (Å²) < 4.78 is 0. The number of nitrogen functional groups attached to an aromatic ring is 1. The van der Waals surface area contributed by atoms with Crippen LogP contribution in [0.15, 0.2) is 36.8 Å². The molecule has 0 bridgehead atoms.